The first-order chi connectivity index (χ1) is 9.31. The second-order valence-electron chi connectivity index (χ2n) is 4.73. The van der Waals surface area contributed by atoms with Crippen LogP contribution in [0.5, 0.6) is 0 Å². The molecule has 5 heteroatoms. The van der Waals surface area contributed by atoms with Gasteiger partial charge in [0, 0.05) is 17.8 Å². The number of hydrogen-bond donors (Lipinski definition) is 1. The van der Waals surface area contributed by atoms with Gasteiger partial charge >= 0.3 is 8.60 Å². The summed E-state index contributed by atoms with van der Waals surface area (Å²) < 4.78 is 10.00. The van der Waals surface area contributed by atoms with Crippen LogP contribution in [-0.4, -0.2) is 17.3 Å². The lowest BCUT2D eigenvalue weighted by Crippen LogP contribution is -1.86. The molecule has 0 saturated heterocycles. The summed E-state index contributed by atoms with van der Waals surface area (Å²) >= 11 is 1.33. The fourth-order valence-corrected chi connectivity index (χ4v) is 3.24. The van der Waals surface area contributed by atoms with Crippen molar-refractivity contribution < 1.29 is 13.4 Å². The summed E-state index contributed by atoms with van der Waals surface area (Å²) in [7, 11) is -1.66. The minimum Gasteiger partial charge on any atom is -0.327 e. The van der Waals surface area contributed by atoms with E-state index in [2.05, 4.69) is 6.92 Å². The maximum atomic E-state index is 9.21. The van der Waals surface area contributed by atoms with Crippen molar-refractivity contribution in [3.63, 3.8) is 0 Å². The number of rotatable bonds is 15. The normalized spacial score (nSPS) is 12.8. The Morgan fingerprint density at radius 3 is 1.89 bits per heavy atom. The van der Waals surface area contributed by atoms with Crippen LogP contribution in [0.2, 0.25) is 0 Å². The molecule has 0 rings (SSSR count). The van der Waals surface area contributed by atoms with Crippen LogP contribution in [-0.2, 0) is 8.49 Å². The van der Waals surface area contributed by atoms with Crippen molar-refractivity contribution in [2.45, 2.75) is 78.1 Å². The predicted molar refractivity (Wildman–Crippen MR) is 86.2 cm³/mol. The quantitative estimate of drug-likeness (QED) is 0.235. The summed E-state index contributed by atoms with van der Waals surface area (Å²) in [5.74, 6) is 0.947. The van der Waals surface area contributed by atoms with E-state index in [4.69, 9.17) is 8.49 Å². The topological polar surface area (TPSA) is 38.7 Å². The molecule has 3 nitrogen and oxygen atoms in total. The molecule has 1 atom stereocenters. The van der Waals surface area contributed by atoms with Crippen LogP contribution in [0.1, 0.15) is 78.1 Å². The van der Waals surface area contributed by atoms with E-state index in [9.17, 15) is 4.89 Å². The van der Waals surface area contributed by atoms with Gasteiger partial charge in [-0.1, -0.05) is 64.7 Å². The second-order valence-corrected chi connectivity index (χ2v) is 6.71. The van der Waals surface area contributed by atoms with Crippen LogP contribution >= 0.6 is 20.6 Å². The molecule has 0 heterocycles. The Hall–Kier alpha value is 0.660. The lowest BCUT2D eigenvalue weighted by Gasteiger charge is -2.07. The van der Waals surface area contributed by atoms with Crippen molar-refractivity contribution in [2.24, 2.45) is 0 Å². The molecule has 0 saturated carbocycles. The molecular weight excluding hydrogens is 279 g/mol. The summed E-state index contributed by atoms with van der Waals surface area (Å²) in [6.45, 7) is 4.61. The zero-order chi connectivity index (χ0) is 14.2. The van der Waals surface area contributed by atoms with Crippen LogP contribution in [0.3, 0.4) is 0 Å². The largest absolute Gasteiger partial charge is 0.342 e. The summed E-state index contributed by atoms with van der Waals surface area (Å²) in [4.78, 5) is 9.21. The van der Waals surface area contributed by atoms with Gasteiger partial charge in [0.2, 0.25) is 0 Å². The van der Waals surface area contributed by atoms with Gasteiger partial charge in [-0.2, -0.15) is 0 Å². The SMILES string of the molecule is CCCCCCCCCCCCSOP(O)OCC. The molecule has 0 aliphatic heterocycles. The van der Waals surface area contributed by atoms with E-state index in [0.29, 0.717) is 6.61 Å². The zero-order valence-corrected chi connectivity index (χ0v) is 14.3. The van der Waals surface area contributed by atoms with Gasteiger partial charge in [-0.25, -0.2) is 3.97 Å². The van der Waals surface area contributed by atoms with Gasteiger partial charge in [-0.05, 0) is 13.3 Å². The summed E-state index contributed by atoms with van der Waals surface area (Å²) in [6, 6.07) is 0. The average Bonchev–Trinajstić information content (AvgIpc) is 2.40. The van der Waals surface area contributed by atoms with Crippen LogP contribution in [0.25, 0.3) is 0 Å². The first kappa shape index (κ1) is 19.7. The van der Waals surface area contributed by atoms with Gasteiger partial charge in [-0.3, -0.25) is 0 Å². The number of hydrogen-bond acceptors (Lipinski definition) is 4. The monoisotopic (exact) mass is 310 g/mol. The van der Waals surface area contributed by atoms with Gasteiger partial charge < -0.3 is 9.42 Å². The molecule has 0 aliphatic carbocycles. The van der Waals surface area contributed by atoms with Crippen LogP contribution in [0, 0.1) is 0 Å². The molecule has 1 N–H and O–H groups in total. The zero-order valence-electron chi connectivity index (χ0n) is 12.6. The third-order valence-corrected chi connectivity index (χ3v) is 4.80. The highest BCUT2D eigenvalue weighted by molar-refractivity contribution is 7.97. The molecular formula is C14H31O3PS. The molecule has 0 aliphatic rings. The van der Waals surface area contributed by atoms with Crippen LogP contribution < -0.4 is 0 Å². The average molecular weight is 310 g/mol. The predicted octanol–water partition coefficient (Wildman–Crippen LogP) is 5.83. The van der Waals surface area contributed by atoms with Crippen molar-refractivity contribution in [1.29, 1.82) is 0 Å². The Balaban J connectivity index is 2.99. The van der Waals surface area contributed by atoms with E-state index < -0.39 is 8.60 Å². The van der Waals surface area contributed by atoms with Crippen molar-refractivity contribution in [3.05, 3.63) is 0 Å². The van der Waals surface area contributed by atoms with E-state index in [0.717, 1.165) is 12.2 Å². The maximum Gasteiger partial charge on any atom is 0.342 e. The smallest absolute Gasteiger partial charge is 0.327 e. The lowest BCUT2D eigenvalue weighted by molar-refractivity contribution is 0.284. The van der Waals surface area contributed by atoms with E-state index in [1.807, 2.05) is 6.92 Å². The Kier molecular flexibility index (Phi) is 17.3. The fraction of sp³-hybridized carbons (Fsp3) is 1.00. The Labute approximate surface area is 125 Å². The molecule has 0 amide bonds. The van der Waals surface area contributed by atoms with Crippen molar-refractivity contribution >= 4 is 20.6 Å². The third-order valence-electron chi connectivity index (χ3n) is 2.94. The fourth-order valence-electron chi connectivity index (χ4n) is 1.86. The molecule has 0 fully saturated rings. The Morgan fingerprint density at radius 1 is 0.842 bits per heavy atom. The van der Waals surface area contributed by atoms with Crippen molar-refractivity contribution in [3.8, 4) is 0 Å². The second kappa shape index (κ2) is 16.7. The maximum absolute atomic E-state index is 9.21. The highest BCUT2D eigenvalue weighted by Gasteiger charge is 2.04. The van der Waals surface area contributed by atoms with E-state index in [1.54, 1.807) is 0 Å². The highest BCUT2D eigenvalue weighted by Crippen LogP contribution is 2.37. The van der Waals surface area contributed by atoms with E-state index in [1.165, 1.54) is 69.8 Å². The molecule has 0 spiro atoms. The molecule has 1 unspecified atom stereocenters. The van der Waals surface area contributed by atoms with Crippen LogP contribution in [0.4, 0.5) is 0 Å². The van der Waals surface area contributed by atoms with E-state index >= 15 is 0 Å². The third kappa shape index (κ3) is 16.6. The van der Waals surface area contributed by atoms with Gasteiger partial charge in [0.25, 0.3) is 0 Å². The van der Waals surface area contributed by atoms with Crippen LogP contribution in [0.15, 0.2) is 0 Å². The van der Waals surface area contributed by atoms with Gasteiger partial charge in [0.1, 0.15) is 0 Å². The standard InChI is InChI=1S/C14H31O3PS/c1-3-5-6-7-8-9-10-11-12-13-14-19-17-18(15)16-4-2/h15H,3-14H2,1-2H3. The van der Waals surface area contributed by atoms with Crippen molar-refractivity contribution in [2.75, 3.05) is 12.4 Å². The Morgan fingerprint density at radius 2 is 1.37 bits per heavy atom. The molecule has 116 valence electrons. The van der Waals surface area contributed by atoms with E-state index in [-0.39, 0.29) is 0 Å². The molecule has 0 bridgehead atoms. The molecule has 19 heavy (non-hydrogen) atoms. The first-order valence-corrected chi connectivity index (χ1v) is 9.76. The van der Waals surface area contributed by atoms with Crippen molar-refractivity contribution in [1.82, 2.24) is 0 Å². The van der Waals surface area contributed by atoms with Gasteiger partial charge in [-0.15, -0.1) is 0 Å². The number of unbranched alkanes of at least 4 members (excludes halogenated alkanes) is 9. The lowest BCUT2D eigenvalue weighted by atomic mass is 10.1. The summed E-state index contributed by atoms with van der Waals surface area (Å²) in [5, 5.41) is 0. The molecule has 0 aromatic rings. The van der Waals surface area contributed by atoms with Gasteiger partial charge in [0.15, 0.2) is 0 Å². The molecule has 0 aromatic heterocycles. The highest BCUT2D eigenvalue weighted by atomic mass is 32.2. The first-order valence-electron chi connectivity index (χ1n) is 7.72. The summed E-state index contributed by atoms with van der Waals surface area (Å²) in [5.41, 5.74) is 0. The molecule has 0 aromatic carbocycles. The summed E-state index contributed by atoms with van der Waals surface area (Å²) in [6.07, 6.45) is 13.5. The minimum absolute atomic E-state index is 0.501. The minimum atomic E-state index is -1.66. The Bertz CT molecular complexity index is 173. The van der Waals surface area contributed by atoms with Gasteiger partial charge in [0.05, 0.1) is 6.61 Å². The molecule has 0 radical (unpaired) electrons.